The van der Waals surface area contributed by atoms with E-state index in [0.717, 1.165) is 29.8 Å². The fraction of sp³-hybridized carbons (Fsp3) is 1.00. The zero-order valence-electron chi connectivity index (χ0n) is 12.0. The van der Waals surface area contributed by atoms with Crippen LogP contribution < -0.4 is 5.32 Å². The summed E-state index contributed by atoms with van der Waals surface area (Å²) in [5.41, 5.74) is 0. The Bertz CT molecular complexity index is 224. The van der Waals surface area contributed by atoms with E-state index in [4.69, 9.17) is 0 Å². The third-order valence-corrected chi connectivity index (χ3v) is 5.33. The molecular weight excluding hydrogens is 206 g/mol. The molecule has 0 aromatic carbocycles. The first kappa shape index (κ1) is 13.4. The third kappa shape index (κ3) is 3.98. The van der Waals surface area contributed by atoms with E-state index in [1.807, 2.05) is 0 Å². The van der Waals surface area contributed by atoms with Crippen molar-refractivity contribution in [3.8, 4) is 0 Å². The van der Waals surface area contributed by atoms with Gasteiger partial charge in [0.15, 0.2) is 0 Å². The molecule has 0 bridgehead atoms. The summed E-state index contributed by atoms with van der Waals surface area (Å²) in [5, 5.41) is 3.97. The van der Waals surface area contributed by atoms with Crippen LogP contribution in [0.5, 0.6) is 0 Å². The van der Waals surface area contributed by atoms with Crippen molar-refractivity contribution >= 4 is 0 Å². The first-order valence-corrected chi connectivity index (χ1v) is 7.91. The second-order valence-electron chi connectivity index (χ2n) is 6.94. The minimum absolute atomic E-state index is 0.819. The van der Waals surface area contributed by atoms with Gasteiger partial charge >= 0.3 is 0 Å². The zero-order chi connectivity index (χ0) is 12.3. The number of hydrogen-bond acceptors (Lipinski definition) is 1. The average Bonchev–Trinajstić information content (AvgIpc) is 2.49. The lowest BCUT2D eigenvalue weighted by atomic mass is 9.79. The van der Waals surface area contributed by atoms with Crippen LogP contribution in [0.1, 0.15) is 72.1 Å². The van der Waals surface area contributed by atoms with E-state index in [2.05, 4.69) is 26.1 Å². The summed E-state index contributed by atoms with van der Waals surface area (Å²) in [4.78, 5) is 0. The van der Waals surface area contributed by atoms with E-state index in [0.29, 0.717) is 0 Å². The van der Waals surface area contributed by atoms with E-state index in [1.165, 1.54) is 51.4 Å². The van der Waals surface area contributed by atoms with Crippen molar-refractivity contribution in [3.05, 3.63) is 0 Å². The molecule has 0 aromatic rings. The van der Waals surface area contributed by atoms with Gasteiger partial charge in [0, 0.05) is 12.1 Å². The maximum absolute atomic E-state index is 3.97. The standard InChI is InChI=1S/C16H31N/c1-12-5-4-6-15(9-7-12)17-16-10-8-13(2)14(3)11-16/h12-17H,4-11H2,1-3H3. The van der Waals surface area contributed by atoms with Crippen LogP contribution >= 0.6 is 0 Å². The first-order chi connectivity index (χ1) is 8.15. The Morgan fingerprint density at radius 1 is 0.706 bits per heavy atom. The highest BCUT2D eigenvalue weighted by atomic mass is 15.0. The molecule has 2 rings (SSSR count). The summed E-state index contributed by atoms with van der Waals surface area (Å²) in [5.74, 6) is 2.83. The smallest absolute Gasteiger partial charge is 0.00723 e. The Morgan fingerprint density at radius 2 is 1.47 bits per heavy atom. The van der Waals surface area contributed by atoms with Crippen LogP contribution in [0, 0.1) is 17.8 Å². The lowest BCUT2D eigenvalue weighted by molar-refractivity contribution is 0.210. The van der Waals surface area contributed by atoms with Crippen molar-refractivity contribution in [1.29, 1.82) is 0 Å². The van der Waals surface area contributed by atoms with Gasteiger partial charge in [0.1, 0.15) is 0 Å². The molecule has 0 heterocycles. The van der Waals surface area contributed by atoms with Gasteiger partial charge in [-0.05, 0) is 56.3 Å². The quantitative estimate of drug-likeness (QED) is 0.703. The zero-order valence-corrected chi connectivity index (χ0v) is 12.0. The van der Waals surface area contributed by atoms with E-state index >= 15 is 0 Å². The summed E-state index contributed by atoms with van der Waals surface area (Å²) >= 11 is 0. The molecule has 2 fully saturated rings. The monoisotopic (exact) mass is 237 g/mol. The predicted octanol–water partition coefficient (Wildman–Crippen LogP) is 4.37. The molecular formula is C16H31N. The normalized spacial score (nSPS) is 44.3. The third-order valence-electron chi connectivity index (χ3n) is 5.33. The van der Waals surface area contributed by atoms with Crippen LogP contribution in [-0.4, -0.2) is 12.1 Å². The van der Waals surface area contributed by atoms with Gasteiger partial charge in [0.25, 0.3) is 0 Å². The summed E-state index contributed by atoms with van der Waals surface area (Å²) < 4.78 is 0. The van der Waals surface area contributed by atoms with Gasteiger partial charge in [0.2, 0.25) is 0 Å². The Morgan fingerprint density at radius 3 is 2.24 bits per heavy atom. The molecule has 100 valence electrons. The summed E-state index contributed by atoms with van der Waals surface area (Å²) in [6.07, 6.45) is 11.4. The summed E-state index contributed by atoms with van der Waals surface area (Å²) in [6, 6.07) is 1.64. The molecule has 0 aliphatic heterocycles. The van der Waals surface area contributed by atoms with Crippen LogP contribution in [0.25, 0.3) is 0 Å². The lowest BCUT2D eigenvalue weighted by Gasteiger charge is -2.35. The molecule has 2 aliphatic rings. The molecule has 1 N–H and O–H groups in total. The van der Waals surface area contributed by atoms with Crippen LogP contribution in [0.15, 0.2) is 0 Å². The average molecular weight is 237 g/mol. The highest BCUT2D eigenvalue weighted by Crippen LogP contribution is 2.30. The second kappa shape index (κ2) is 6.22. The first-order valence-electron chi connectivity index (χ1n) is 7.91. The maximum atomic E-state index is 3.97. The van der Waals surface area contributed by atoms with Gasteiger partial charge in [-0.1, -0.05) is 33.6 Å². The lowest BCUT2D eigenvalue weighted by Crippen LogP contribution is -2.42. The minimum atomic E-state index is 0.819. The number of hydrogen-bond donors (Lipinski definition) is 1. The topological polar surface area (TPSA) is 12.0 Å². The molecule has 0 saturated heterocycles. The summed E-state index contributed by atoms with van der Waals surface area (Å²) in [6.45, 7) is 7.29. The van der Waals surface area contributed by atoms with Crippen molar-refractivity contribution in [3.63, 3.8) is 0 Å². The molecule has 2 saturated carbocycles. The molecule has 1 heteroatoms. The van der Waals surface area contributed by atoms with Crippen molar-refractivity contribution in [2.24, 2.45) is 17.8 Å². The van der Waals surface area contributed by atoms with E-state index in [1.54, 1.807) is 0 Å². The van der Waals surface area contributed by atoms with Crippen molar-refractivity contribution in [1.82, 2.24) is 5.32 Å². The van der Waals surface area contributed by atoms with Gasteiger partial charge < -0.3 is 5.32 Å². The molecule has 1 nitrogen and oxygen atoms in total. The number of rotatable bonds is 2. The van der Waals surface area contributed by atoms with Crippen LogP contribution in [-0.2, 0) is 0 Å². The molecule has 0 aromatic heterocycles. The second-order valence-corrected chi connectivity index (χ2v) is 6.94. The SMILES string of the molecule is CC1CCCC(NC2CCC(C)C(C)C2)CC1. The Hall–Kier alpha value is -0.0400. The van der Waals surface area contributed by atoms with E-state index < -0.39 is 0 Å². The molecule has 0 amide bonds. The molecule has 5 atom stereocenters. The van der Waals surface area contributed by atoms with E-state index in [-0.39, 0.29) is 0 Å². The van der Waals surface area contributed by atoms with Crippen molar-refractivity contribution in [2.75, 3.05) is 0 Å². The largest absolute Gasteiger partial charge is 0.311 e. The highest BCUT2D eigenvalue weighted by Gasteiger charge is 2.26. The molecule has 17 heavy (non-hydrogen) atoms. The van der Waals surface area contributed by atoms with E-state index in [9.17, 15) is 0 Å². The Labute approximate surface area is 108 Å². The van der Waals surface area contributed by atoms with Gasteiger partial charge in [-0.2, -0.15) is 0 Å². The summed E-state index contributed by atoms with van der Waals surface area (Å²) in [7, 11) is 0. The Balaban J connectivity index is 1.76. The predicted molar refractivity (Wildman–Crippen MR) is 75.1 cm³/mol. The van der Waals surface area contributed by atoms with Crippen LogP contribution in [0.2, 0.25) is 0 Å². The molecule has 5 unspecified atom stereocenters. The minimum Gasteiger partial charge on any atom is -0.311 e. The van der Waals surface area contributed by atoms with Crippen LogP contribution in [0.4, 0.5) is 0 Å². The fourth-order valence-electron chi connectivity index (χ4n) is 3.69. The maximum Gasteiger partial charge on any atom is 0.00723 e. The van der Waals surface area contributed by atoms with Gasteiger partial charge in [-0.15, -0.1) is 0 Å². The molecule has 0 radical (unpaired) electrons. The number of nitrogens with one attached hydrogen (secondary N) is 1. The van der Waals surface area contributed by atoms with Gasteiger partial charge in [-0.3, -0.25) is 0 Å². The molecule has 2 aliphatic carbocycles. The fourth-order valence-corrected chi connectivity index (χ4v) is 3.69. The van der Waals surface area contributed by atoms with Crippen molar-refractivity contribution < 1.29 is 0 Å². The van der Waals surface area contributed by atoms with Gasteiger partial charge in [-0.25, -0.2) is 0 Å². The van der Waals surface area contributed by atoms with Crippen molar-refractivity contribution in [2.45, 2.75) is 84.2 Å². The highest BCUT2D eigenvalue weighted by molar-refractivity contribution is 4.83. The van der Waals surface area contributed by atoms with Crippen LogP contribution in [0.3, 0.4) is 0 Å². The van der Waals surface area contributed by atoms with Gasteiger partial charge in [0.05, 0.1) is 0 Å². The molecule has 0 spiro atoms. The Kier molecular flexibility index (Phi) is 4.90.